The quantitative estimate of drug-likeness (QED) is 0.532. The number of carbonyl (C=O) groups is 3. The molecule has 1 heterocycles. The van der Waals surface area contributed by atoms with Crippen molar-refractivity contribution >= 4 is 18.0 Å². The largest absolute Gasteiger partial charge is 0.481 e. The second kappa shape index (κ2) is 11.4. The highest BCUT2D eigenvalue weighted by Crippen LogP contribution is 2.44. The van der Waals surface area contributed by atoms with Crippen molar-refractivity contribution in [1.29, 1.82) is 0 Å². The molecule has 2 aromatic carbocycles. The highest BCUT2D eigenvalue weighted by atomic mass is 16.5. The van der Waals surface area contributed by atoms with Crippen LogP contribution in [0.2, 0.25) is 0 Å². The molecule has 1 fully saturated rings. The van der Waals surface area contributed by atoms with Gasteiger partial charge in [0.15, 0.2) is 0 Å². The first-order chi connectivity index (χ1) is 17.0. The van der Waals surface area contributed by atoms with Gasteiger partial charge in [0.1, 0.15) is 6.61 Å². The van der Waals surface area contributed by atoms with Crippen LogP contribution in [0.5, 0.6) is 0 Å². The van der Waals surface area contributed by atoms with Crippen LogP contribution in [-0.4, -0.2) is 53.2 Å². The molecule has 1 unspecified atom stereocenters. The minimum absolute atomic E-state index is 0.0156. The van der Waals surface area contributed by atoms with E-state index in [0.29, 0.717) is 19.4 Å². The number of fused-ring (bicyclic) bond motifs is 3. The van der Waals surface area contributed by atoms with Crippen molar-refractivity contribution in [3.05, 3.63) is 59.7 Å². The summed E-state index contributed by atoms with van der Waals surface area (Å²) in [7, 11) is 0. The Labute approximate surface area is 206 Å². The number of carboxylic acid groups (broad SMARTS) is 1. The lowest BCUT2D eigenvalue weighted by Crippen LogP contribution is -2.47. The van der Waals surface area contributed by atoms with Gasteiger partial charge in [-0.25, -0.2) is 4.79 Å². The molecule has 1 aliphatic carbocycles. The highest BCUT2D eigenvalue weighted by molar-refractivity contribution is 5.80. The summed E-state index contributed by atoms with van der Waals surface area (Å²) in [6.45, 7) is 2.80. The number of alkyl carbamates (subject to hydrolysis) is 1. The van der Waals surface area contributed by atoms with E-state index in [1.165, 1.54) is 11.1 Å². The molecule has 2 aromatic rings. The molecule has 0 bridgehead atoms. The number of piperidine rings is 1. The Hall–Kier alpha value is -3.35. The molecular formula is C28H34N2O5. The van der Waals surface area contributed by atoms with Crippen LogP contribution >= 0.6 is 0 Å². The number of benzene rings is 2. The maximum Gasteiger partial charge on any atom is 0.407 e. The smallest absolute Gasteiger partial charge is 0.407 e. The zero-order chi connectivity index (χ0) is 24.8. The minimum atomic E-state index is -0.841. The summed E-state index contributed by atoms with van der Waals surface area (Å²) >= 11 is 0. The van der Waals surface area contributed by atoms with Gasteiger partial charge in [-0.2, -0.15) is 0 Å². The topological polar surface area (TPSA) is 95.9 Å². The predicted molar refractivity (Wildman–Crippen MR) is 133 cm³/mol. The summed E-state index contributed by atoms with van der Waals surface area (Å²) in [5, 5.41) is 11.9. The first kappa shape index (κ1) is 24.8. The molecule has 0 saturated carbocycles. The second-order valence-corrected chi connectivity index (χ2v) is 9.45. The molecule has 2 atom stereocenters. The van der Waals surface area contributed by atoms with E-state index in [1.807, 2.05) is 36.1 Å². The Morgan fingerprint density at radius 3 is 2.34 bits per heavy atom. The fourth-order valence-corrected chi connectivity index (χ4v) is 5.35. The Balaban J connectivity index is 1.33. The van der Waals surface area contributed by atoms with Crippen molar-refractivity contribution in [2.24, 2.45) is 0 Å². The number of hydrogen-bond acceptors (Lipinski definition) is 4. The third kappa shape index (κ3) is 5.84. The van der Waals surface area contributed by atoms with Crippen molar-refractivity contribution < 1.29 is 24.2 Å². The molecule has 1 saturated heterocycles. The molecule has 4 rings (SSSR count). The van der Waals surface area contributed by atoms with E-state index < -0.39 is 12.1 Å². The molecule has 0 radical (unpaired) electrons. The van der Waals surface area contributed by atoms with Crippen molar-refractivity contribution in [3.63, 3.8) is 0 Å². The average Bonchev–Trinajstić information content (AvgIpc) is 3.19. The molecule has 7 nitrogen and oxygen atoms in total. The lowest BCUT2D eigenvalue weighted by molar-refractivity contribution is -0.140. The molecule has 2 N–H and O–H groups in total. The van der Waals surface area contributed by atoms with Crippen LogP contribution in [0.15, 0.2) is 48.5 Å². The molecule has 186 valence electrons. The van der Waals surface area contributed by atoms with E-state index in [0.717, 1.165) is 30.4 Å². The molecule has 0 spiro atoms. The number of likely N-dealkylation sites (tertiary alicyclic amines) is 1. The first-order valence-corrected chi connectivity index (χ1v) is 12.6. The normalized spacial score (nSPS) is 17.9. The van der Waals surface area contributed by atoms with Gasteiger partial charge in [0.05, 0.1) is 0 Å². The molecule has 2 aliphatic rings. The summed E-state index contributed by atoms with van der Waals surface area (Å²) < 4.78 is 5.64. The first-order valence-electron chi connectivity index (χ1n) is 12.6. The van der Waals surface area contributed by atoms with Gasteiger partial charge in [-0.05, 0) is 54.4 Å². The summed E-state index contributed by atoms with van der Waals surface area (Å²) in [4.78, 5) is 38.5. The van der Waals surface area contributed by atoms with Crippen molar-refractivity contribution in [2.75, 3.05) is 13.2 Å². The van der Waals surface area contributed by atoms with Crippen LogP contribution in [0.3, 0.4) is 0 Å². The van der Waals surface area contributed by atoms with Gasteiger partial charge in [0, 0.05) is 37.4 Å². The van der Waals surface area contributed by atoms with Gasteiger partial charge in [-0.1, -0.05) is 55.5 Å². The number of aliphatic carboxylic acids is 1. The third-order valence-corrected chi connectivity index (χ3v) is 7.22. The molecule has 7 heteroatoms. The second-order valence-electron chi connectivity index (χ2n) is 9.45. The molecule has 1 aliphatic heterocycles. The third-order valence-electron chi connectivity index (χ3n) is 7.22. The highest BCUT2D eigenvalue weighted by Gasteiger charge is 2.31. The van der Waals surface area contributed by atoms with Crippen LogP contribution in [-0.2, 0) is 14.3 Å². The van der Waals surface area contributed by atoms with Crippen molar-refractivity contribution in [3.8, 4) is 11.1 Å². The fraction of sp³-hybridized carbons (Fsp3) is 0.464. The van der Waals surface area contributed by atoms with Crippen LogP contribution in [0.25, 0.3) is 11.1 Å². The van der Waals surface area contributed by atoms with Crippen LogP contribution < -0.4 is 5.32 Å². The Bertz CT molecular complexity index is 1020. The zero-order valence-corrected chi connectivity index (χ0v) is 20.2. The van der Waals surface area contributed by atoms with Crippen LogP contribution in [0.4, 0.5) is 4.79 Å². The van der Waals surface area contributed by atoms with E-state index in [1.54, 1.807) is 0 Å². The monoisotopic (exact) mass is 478 g/mol. The summed E-state index contributed by atoms with van der Waals surface area (Å²) in [5.41, 5.74) is 4.66. The fourth-order valence-electron chi connectivity index (χ4n) is 5.35. The maximum absolute atomic E-state index is 13.0. The van der Waals surface area contributed by atoms with E-state index >= 15 is 0 Å². The van der Waals surface area contributed by atoms with Gasteiger partial charge < -0.3 is 20.1 Å². The SMILES string of the molecule is CC[C@H](CC(=O)N1CCCCC1CCC(=O)O)NC(=O)OCC1c2ccccc2-c2ccccc21. The summed E-state index contributed by atoms with van der Waals surface area (Å²) in [5.74, 6) is -0.893. The zero-order valence-electron chi connectivity index (χ0n) is 20.2. The van der Waals surface area contributed by atoms with E-state index in [9.17, 15) is 14.4 Å². The van der Waals surface area contributed by atoms with E-state index in [4.69, 9.17) is 9.84 Å². The van der Waals surface area contributed by atoms with Gasteiger partial charge in [0.2, 0.25) is 5.91 Å². The Kier molecular flexibility index (Phi) is 8.06. The lowest BCUT2D eigenvalue weighted by Gasteiger charge is -2.36. The number of rotatable bonds is 9. The number of hydrogen-bond donors (Lipinski definition) is 2. The van der Waals surface area contributed by atoms with E-state index in [2.05, 4.69) is 29.6 Å². The summed E-state index contributed by atoms with van der Waals surface area (Å²) in [6, 6.07) is 16.0. The Morgan fingerprint density at radius 2 is 1.71 bits per heavy atom. The number of nitrogens with zero attached hydrogens (tertiary/aromatic N) is 1. The maximum atomic E-state index is 13.0. The molecular weight excluding hydrogens is 444 g/mol. The van der Waals surface area contributed by atoms with E-state index in [-0.39, 0.29) is 43.4 Å². The lowest BCUT2D eigenvalue weighted by atomic mass is 9.97. The van der Waals surface area contributed by atoms with Gasteiger partial charge in [-0.15, -0.1) is 0 Å². The number of amides is 2. The van der Waals surface area contributed by atoms with Gasteiger partial charge in [-0.3, -0.25) is 9.59 Å². The summed E-state index contributed by atoms with van der Waals surface area (Å²) in [6.07, 6.45) is 3.55. The molecule has 0 aromatic heterocycles. The molecule has 35 heavy (non-hydrogen) atoms. The predicted octanol–water partition coefficient (Wildman–Crippen LogP) is 4.94. The van der Waals surface area contributed by atoms with Gasteiger partial charge in [0.25, 0.3) is 0 Å². The Morgan fingerprint density at radius 1 is 1.06 bits per heavy atom. The van der Waals surface area contributed by atoms with Crippen molar-refractivity contribution in [1.82, 2.24) is 10.2 Å². The number of carbonyl (C=O) groups excluding carboxylic acids is 2. The van der Waals surface area contributed by atoms with Gasteiger partial charge >= 0.3 is 12.1 Å². The van der Waals surface area contributed by atoms with Crippen molar-refractivity contribution in [2.45, 2.75) is 69.9 Å². The van der Waals surface area contributed by atoms with Crippen LogP contribution in [0, 0.1) is 0 Å². The molecule has 2 amide bonds. The number of ether oxygens (including phenoxy) is 1. The number of nitrogens with one attached hydrogen (secondary N) is 1. The van der Waals surface area contributed by atoms with Crippen LogP contribution in [0.1, 0.15) is 68.9 Å². The standard InChI is InChI=1S/C28H34N2O5/c1-2-19(17-26(31)30-16-8-7-9-20(30)14-15-27(32)33)29-28(34)35-18-25-23-12-5-3-10-21(23)22-11-4-6-13-24(22)25/h3-6,10-13,19-20,25H,2,7-9,14-18H2,1H3,(H,29,34)(H,32,33)/t19-,20?/m1/s1. The minimum Gasteiger partial charge on any atom is -0.481 e. The average molecular weight is 479 g/mol. The number of carboxylic acids is 1.